The molecule has 0 radical (unpaired) electrons. The highest BCUT2D eigenvalue weighted by molar-refractivity contribution is 5.81. The summed E-state index contributed by atoms with van der Waals surface area (Å²) in [6, 6.07) is 11.3. The van der Waals surface area contributed by atoms with Gasteiger partial charge in [0.25, 0.3) is 0 Å². The van der Waals surface area contributed by atoms with Crippen LogP contribution in [0.2, 0.25) is 0 Å². The van der Waals surface area contributed by atoms with Crippen molar-refractivity contribution in [3.8, 4) is 0 Å². The quantitative estimate of drug-likeness (QED) is 0.376. The first-order valence-electron chi connectivity index (χ1n) is 10.8. The van der Waals surface area contributed by atoms with Crippen LogP contribution in [0, 0.1) is 17.6 Å². The summed E-state index contributed by atoms with van der Waals surface area (Å²) >= 11 is 0. The van der Waals surface area contributed by atoms with Crippen LogP contribution in [0.25, 0.3) is 0 Å². The summed E-state index contributed by atoms with van der Waals surface area (Å²) in [6.07, 6.45) is -0.942. The molecule has 0 fully saturated rings. The van der Waals surface area contributed by atoms with Gasteiger partial charge in [-0.25, -0.2) is 8.78 Å². The number of nitrogens with one attached hydrogen (secondary N) is 2. The number of carbonyl (C=O) groups excluding carboxylic acids is 1. The number of amides is 1. The fraction of sp³-hybridized carbons (Fsp3) is 0.458. The summed E-state index contributed by atoms with van der Waals surface area (Å²) in [5.74, 6) is -1.34. The van der Waals surface area contributed by atoms with Gasteiger partial charge in [-0.3, -0.25) is 4.79 Å². The van der Waals surface area contributed by atoms with Crippen LogP contribution in [0.4, 0.5) is 8.78 Å². The molecule has 2 rings (SSSR count). The Kier molecular flexibility index (Phi) is 10.7. The third kappa shape index (κ3) is 9.40. The molecule has 0 saturated carbocycles. The Morgan fingerprint density at radius 3 is 2.34 bits per heavy atom. The SMILES string of the molecule is CC(C)CNC(=O)C(COCc1ccccc1)NC[C@@H](O)[C@@H](N)Cc1cc(F)cc(F)c1. The van der Waals surface area contributed by atoms with Crippen LogP contribution in [0.3, 0.4) is 0 Å². The van der Waals surface area contributed by atoms with E-state index in [9.17, 15) is 18.7 Å². The van der Waals surface area contributed by atoms with Crippen molar-refractivity contribution in [2.75, 3.05) is 19.7 Å². The predicted octanol–water partition coefficient (Wildman–Crippen LogP) is 2.14. The molecule has 176 valence electrons. The first kappa shape index (κ1) is 25.9. The number of rotatable bonds is 13. The van der Waals surface area contributed by atoms with Crippen LogP contribution in [0.15, 0.2) is 48.5 Å². The molecule has 1 unspecified atom stereocenters. The lowest BCUT2D eigenvalue weighted by molar-refractivity contribution is -0.125. The Morgan fingerprint density at radius 2 is 1.72 bits per heavy atom. The highest BCUT2D eigenvalue weighted by Crippen LogP contribution is 2.11. The Morgan fingerprint density at radius 1 is 1.06 bits per heavy atom. The molecule has 3 atom stereocenters. The van der Waals surface area contributed by atoms with Gasteiger partial charge in [0.15, 0.2) is 0 Å². The summed E-state index contributed by atoms with van der Waals surface area (Å²) in [5, 5.41) is 16.3. The topological polar surface area (TPSA) is 96.6 Å². The lowest BCUT2D eigenvalue weighted by atomic mass is 10.0. The standard InChI is InChI=1S/C24H33F2N3O3/c1-16(2)12-29-24(31)22(15-32-14-17-6-4-3-5-7-17)28-13-23(30)21(27)10-18-8-19(25)11-20(26)9-18/h3-9,11,16,21-23,28,30H,10,12-15,27H2,1-2H3,(H,29,31)/t21-,22?,23+/m0/s1. The van der Waals surface area contributed by atoms with Gasteiger partial charge >= 0.3 is 0 Å². The van der Waals surface area contributed by atoms with E-state index in [1.54, 1.807) is 0 Å². The molecule has 0 aliphatic heterocycles. The maximum absolute atomic E-state index is 13.4. The third-order valence-corrected chi connectivity index (χ3v) is 4.86. The average molecular weight is 450 g/mol. The fourth-order valence-corrected chi connectivity index (χ4v) is 3.08. The number of ether oxygens (including phenoxy) is 1. The Labute approximate surface area is 188 Å². The smallest absolute Gasteiger partial charge is 0.239 e. The molecule has 6 nitrogen and oxygen atoms in total. The minimum absolute atomic E-state index is 0.0213. The molecule has 5 N–H and O–H groups in total. The number of hydrogen-bond acceptors (Lipinski definition) is 5. The van der Waals surface area contributed by atoms with Crippen LogP contribution in [-0.2, 0) is 22.6 Å². The van der Waals surface area contributed by atoms with Crippen molar-refractivity contribution in [3.05, 3.63) is 71.3 Å². The van der Waals surface area contributed by atoms with Crippen LogP contribution in [0.1, 0.15) is 25.0 Å². The first-order chi connectivity index (χ1) is 15.2. The maximum Gasteiger partial charge on any atom is 0.239 e. The van der Waals surface area contributed by atoms with E-state index in [4.69, 9.17) is 10.5 Å². The predicted molar refractivity (Wildman–Crippen MR) is 120 cm³/mol. The van der Waals surface area contributed by atoms with Crippen LogP contribution < -0.4 is 16.4 Å². The number of nitrogens with two attached hydrogens (primary N) is 1. The third-order valence-electron chi connectivity index (χ3n) is 4.86. The van der Waals surface area contributed by atoms with E-state index in [-0.39, 0.29) is 31.4 Å². The number of carbonyl (C=O) groups is 1. The largest absolute Gasteiger partial charge is 0.390 e. The molecule has 0 heterocycles. The van der Waals surface area contributed by atoms with Crippen molar-refractivity contribution in [2.24, 2.45) is 11.7 Å². The zero-order valence-corrected chi connectivity index (χ0v) is 18.6. The lowest BCUT2D eigenvalue weighted by Crippen LogP contribution is -2.52. The Balaban J connectivity index is 1.90. The fourth-order valence-electron chi connectivity index (χ4n) is 3.08. The van der Waals surface area contributed by atoms with Crippen molar-refractivity contribution in [3.63, 3.8) is 0 Å². The van der Waals surface area contributed by atoms with Crippen LogP contribution >= 0.6 is 0 Å². The maximum atomic E-state index is 13.4. The Hall–Kier alpha value is -2.39. The molecule has 0 aliphatic rings. The minimum atomic E-state index is -1.03. The molecule has 2 aromatic rings. The van der Waals surface area contributed by atoms with Gasteiger partial charge in [0.1, 0.15) is 17.7 Å². The summed E-state index contributed by atoms with van der Waals surface area (Å²) in [5.41, 5.74) is 7.36. The van der Waals surface area contributed by atoms with E-state index in [0.717, 1.165) is 11.6 Å². The average Bonchev–Trinajstić information content (AvgIpc) is 2.74. The molecule has 0 saturated heterocycles. The molecular weight excluding hydrogens is 416 g/mol. The minimum Gasteiger partial charge on any atom is -0.390 e. The van der Waals surface area contributed by atoms with Gasteiger partial charge in [-0.2, -0.15) is 0 Å². The number of aliphatic hydroxyl groups excluding tert-OH is 1. The highest BCUT2D eigenvalue weighted by Gasteiger charge is 2.22. The van der Waals surface area contributed by atoms with Gasteiger partial charge in [0.2, 0.25) is 5.91 Å². The van der Waals surface area contributed by atoms with Gasteiger partial charge < -0.3 is 26.2 Å². The number of hydrogen-bond donors (Lipinski definition) is 4. The van der Waals surface area contributed by atoms with Gasteiger partial charge in [0, 0.05) is 25.2 Å². The van der Waals surface area contributed by atoms with Crippen molar-refractivity contribution in [1.82, 2.24) is 10.6 Å². The second kappa shape index (κ2) is 13.2. The summed E-state index contributed by atoms with van der Waals surface area (Å²) in [6.45, 7) is 4.98. The second-order valence-corrected chi connectivity index (χ2v) is 8.31. The van der Waals surface area contributed by atoms with Gasteiger partial charge in [-0.15, -0.1) is 0 Å². The zero-order valence-electron chi connectivity index (χ0n) is 18.6. The van der Waals surface area contributed by atoms with Crippen molar-refractivity contribution < 1.29 is 23.4 Å². The van der Waals surface area contributed by atoms with Gasteiger partial charge in [-0.05, 0) is 35.6 Å². The van der Waals surface area contributed by atoms with Crippen LogP contribution in [0.5, 0.6) is 0 Å². The van der Waals surface area contributed by atoms with Gasteiger partial charge in [-0.1, -0.05) is 44.2 Å². The van der Waals surface area contributed by atoms with Crippen molar-refractivity contribution in [1.29, 1.82) is 0 Å². The zero-order chi connectivity index (χ0) is 23.5. The molecular formula is C24H33F2N3O3. The van der Waals surface area contributed by atoms with Crippen LogP contribution in [-0.4, -0.2) is 48.9 Å². The molecule has 32 heavy (non-hydrogen) atoms. The molecule has 0 aliphatic carbocycles. The molecule has 0 spiro atoms. The summed E-state index contributed by atoms with van der Waals surface area (Å²) in [7, 11) is 0. The van der Waals surface area contributed by atoms with Crippen molar-refractivity contribution >= 4 is 5.91 Å². The summed E-state index contributed by atoms with van der Waals surface area (Å²) < 4.78 is 32.5. The molecule has 0 bridgehead atoms. The first-order valence-corrected chi connectivity index (χ1v) is 10.8. The molecule has 2 aromatic carbocycles. The Bertz CT molecular complexity index is 816. The van der Waals surface area contributed by atoms with E-state index in [0.29, 0.717) is 18.7 Å². The van der Waals surface area contributed by atoms with Gasteiger partial charge in [0.05, 0.1) is 19.3 Å². The monoisotopic (exact) mass is 449 g/mol. The number of halogens is 2. The van der Waals surface area contributed by atoms with E-state index < -0.39 is 29.8 Å². The highest BCUT2D eigenvalue weighted by atomic mass is 19.1. The van der Waals surface area contributed by atoms with E-state index in [1.807, 2.05) is 44.2 Å². The molecule has 8 heteroatoms. The summed E-state index contributed by atoms with van der Waals surface area (Å²) in [4.78, 5) is 12.6. The number of aliphatic hydroxyl groups is 1. The van der Waals surface area contributed by atoms with E-state index in [1.165, 1.54) is 12.1 Å². The lowest BCUT2D eigenvalue weighted by Gasteiger charge is -2.24. The van der Waals surface area contributed by atoms with E-state index >= 15 is 0 Å². The number of benzene rings is 2. The second-order valence-electron chi connectivity index (χ2n) is 8.31. The molecule has 1 amide bonds. The van der Waals surface area contributed by atoms with E-state index in [2.05, 4.69) is 10.6 Å². The molecule has 0 aromatic heterocycles. The van der Waals surface area contributed by atoms with Crippen molar-refractivity contribution in [2.45, 2.75) is 45.1 Å². The normalized spacial score (nSPS) is 14.2.